The Morgan fingerprint density at radius 2 is 1.82 bits per heavy atom. The van der Waals surface area contributed by atoms with Crippen LogP contribution in [0, 0.1) is 5.92 Å². The number of nitrogens with zero attached hydrogens (tertiary/aromatic N) is 1. The second kappa shape index (κ2) is 6.72. The van der Waals surface area contributed by atoms with Crippen LogP contribution in [0.25, 0.3) is 0 Å². The van der Waals surface area contributed by atoms with Crippen LogP contribution in [-0.2, 0) is 4.74 Å². The summed E-state index contributed by atoms with van der Waals surface area (Å²) in [5.74, 6) is 0.484. The van der Waals surface area contributed by atoms with Gasteiger partial charge in [-0.1, -0.05) is 12.8 Å². The van der Waals surface area contributed by atoms with Gasteiger partial charge in [0.05, 0.1) is 12.2 Å². The molecule has 2 aliphatic rings. The van der Waals surface area contributed by atoms with Gasteiger partial charge in [0.25, 0.3) is 0 Å². The average molecular weight is 241 g/mol. The Hall–Kier alpha value is -0.120. The van der Waals surface area contributed by atoms with Crippen molar-refractivity contribution in [2.75, 3.05) is 26.7 Å². The minimum Gasteiger partial charge on any atom is -0.393 e. The van der Waals surface area contributed by atoms with Crippen LogP contribution in [0.3, 0.4) is 0 Å². The van der Waals surface area contributed by atoms with Crippen molar-refractivity contribution in [2.45, 2.75) is 57.2 Å². The lowest BCUT2D eigenvalue weighted by Gasteiger charge is -2.33. The first kappa shape index (κ1) is 13.3. The predicted molar refractivity (Wildman–Crippen MR) is 69.1 cm³/mol. The fourth-order valence-electron chi connectivity index (χ4n) is 3.17. The maximum atomic E-state index is 9.97. The van der Waals surface area contributed by atoms with Gasteiger partial charge in [-0.15, -0.1) is 0 Å². The second-order valence-electron chi connectivity index (χ2n) is 5.82. The Kier molecular flexibility index (Phi) is 5.26. The molecule has 1 aliphatic carbocycles. The standard InChI is InChI=1S/C14H27NO2/c1-15(11-13-7-4-5-9-17-13)10-12-6-2-3-8-14(12)16/h12-14,16H,2-11H2,1H3. The molecule has 0 amide bonds. The summed E-state index contributed by atoms with van der Waals surface area (Å²) in [7, 11) is 2.17. The first-order valence-electron chi connectivity index (χ1n) is 7.24. The van der Waals surface area contributed by atoms with Gasteiger partial charge >= 0.3 is 0 Å². The molecule has 17 heavy (non-hydrogen) atoms. The molecule has 3 unspecified atom stereocenters. The van der Waals surface area contributed by atoms with Crippen LogP contribution >= 0.6 is 0 Å². The van der Waals surface area contributed by atoms with Crippen molar-refractivity contribution in [1.29, 1.82) is 0 Å². The van der Waals surface area contributed by atoms with Crippen LogP contribution in [0.2, 0.25) is 0 Å². The Bertz CT molecular complexity index is 216. The SMILES string of the molecule is CN(CC1CCCCO1)CC1CCCCC1O. The predicted octanol–water partition coefficient (Wildman–Crippen LogP) is 2.04. The van der Waals surface area contributed by atoms with E-state index in [-0.39, 0.29) is 6.10 Å². The Balaban J connectivity index is 1.70. The minimum absolute atomic E-state index is 0.0709. The summed E-state index contributed by atoms with van der Waals surface area (Å²) in [5.41, 5.74) is 0. The molecule has 3 heteroatoms. The summed E-state index contributed by atoms with van der Waals surface area (Å²) in [4.78, 5) is 2.36. The van der Waals surface area contributed by atoms with Gasteiger partial charge in [-0.25, -0.2) is 0 Å². The zero-order chi connectivity index (χ0) is 12.1. The van der Waals surface area contributed by atoms with Crippen molar-refractivity contribution >= 4 is 0 Å². The fourth-order valence-corrected chi connectivity index (χ4v) is 3.17. The highest BCUT2D eigenvalue weighted by molar-refractivity contribution is 4.78. The van der Waals surface area contributed by atoms with Crippen LogP contribution in [-0.4, -0.2) is 49.0 Å². The van der Waals surface area contributed by atoms with E-state index in [1.165, 1.54) is 38.5 Å². The quantitative estimate of drug-likeness (QED) is 0.817. The molecule has 3 nitrogen and oxygen atoms in total. The van der Waals surface area contributed by atoms with E-state index < -0.39 is 0 Å². The Labute approximate surface area is 105 Å². The van der Waals surface area contributed by atoms with E-state index in [2.05, 4.69) is 11.9 Å². The van der Waals surface area contributed by atoms with Crippen LogP contribution < -0.4 is 0 Å². The first-order valence-corrected chi connectivity index (χ1v) is 7.24. The lowest BCUT2D eigenvalue weighted by Crippen LogP contribution is -2.39. The monoisotopic (exact) mass is 241 g/mol. The summed E-state index contributed by atoms with van der Waals surface area (Å²) >= 11 is 0. The molecule has 2 rings (SSSR count). The smallest absolute Gasteiger partial charge is 0.0701 e. The zero-order valence-electron chi connectivity index (χ0n) is 11.1. The highest BCUT2D eigenvalue weighted by Gasteiger charge is 2.25. The summed E-state index contributed by atoms with van der Waals surface area (Å²) in [5, 5.41) is 9.97. The molecule has 100 valence electrons. The van der Waals surface area contributed by atoms with E-state index >= 15 is 0 Å². The number of likely N-dealkylation sites (N-methyl/N-ethyl adjacent to an activating group) is 1. The lowest BCUT2D eigenvalue weighted by atomic mass is 9.86. The van der Waals surface area contributed by atoms with Crippen LogP contribution in [0.5, 0.6) is 0 Å². The molecule has 0 radical (unpaired) electrons. The fraction of sp³-hybridized carbons (Fsp3) is 1.00. The number of aliphatic hydroxyl groups is 1. The Morgan fingerprint density at radius 3 is 2.53 bits per heavy atom. The topological polar surface area (TPSA) is 32.7 Å². The average Bonchev–Trinajstić information content (AvgIpc) is 2.33. The third-order valence-electron chi connectivity index (χ3n) is 4.20. The van der Waals surface area contributed by atoms with E-state index in [4.69, 9.17) is 4.74 Å². The normalized spacial score (nSPS) is 35.1. The molecule has 1 aliphatic heterocycles. The van der Waals surface area contributed by atoms with Crippen LogP contribution in [0.15, 0.2) is 0 Å². The highest BCUT2D eigenvalue weighted by Crippen LogP contribution is 2.25. The third-order valence-corrected chi connectivity index (χ3v) is 4.20. The number of aliphatic hydroxyl groups excluding tert-OH is 1. The van der Waals surface area contributed by atoms with Crippen molar-refractivity contribution in [1.82, 2.24) is 4.90 Å². The molecular formula is C14H27NO2. The van der Waals surface area contributed by atoms with Gasteiger partial charge < -0.3 is 14.7 Å². The number of hydrogen-bond donors (Lipinski definition) is 1. The molecule has 0 aromatic carbocycles. The number of hydrogen-bond acceptors (Lipinski definition) is 3. The summed E-state index contributed by atoms with van der Waals surface area (Å²) in [6, 6.07) is 0. The van der Waals surface area contributed by atoms with E-state index in [0.29, 0.717) is 12.0 Å². The van der Waals surface area contributed by atoms with Crippen molar-refractivity contribution < 1.29 is 9.84 Å². The molecule has 3 atom stereocenters. The van der Waals surface area contributed by atoms with Gasteiger partial charge in [0, 0.05) is 19.7 Å². The first-order chi connectivity index (χ1) is 8.25. The third kappa shape index (κ3) is 4.23. The Morgan fingerprint density at radius 1 is 1.06 bits per heavy atom. The van der Waals surface area contributed by atoms with E-state index in [1.807, 2.05) is 0 Å². The molecule has 0 aromatic heterocycles. The van der Waals surface area contributed by atoms with Gasteiger partial charge in [-0.2, -0.15) is 0 Å². The van der Waals surface area contributed by atoms with Gasteiger partial charge in [-0.05, 0) is 45.1 Å². The second-order valence-corrected chi connectivity index (χ2v) is 5.82. The van der Waals surface area contributed by atoms with Crippen LogP contribution in [0.1, 0.15) is 44.9 Å². The van der Waals surface area contributed by atoms with E-state index in [1.54, 1.807) is 0 Å². The minimum atomic E-state index is -0.0709. The summed E-state index contributed by atoms with van der Waals surface area (Å²) in [6.45, 7) is 2.99. The largest absolute Gasteiger partial charge is 0.393 e. The number of rotatable bonds is 4. The van der Waals surface area contributed by atoms with E-state index in [9.17, 15) is 5.11 Å². The maximum Gasteiger partial charge on any atom is 0.0701 e. The van der Waals surface area contributed by atoms with Gasteiger partial charge in [0.15, 0.2) is 0 Å². The van der Waals surface area contributed by atoms with Crippen molar-refractivity contribution in [2.24, 2.45) is 5.92 Å². The molecule has 0 bridgehead atoms. The molecule has 1 heterocycles. The van der Waals surface area contributed by atoms with Gasteiger partial charge in [-0.3, -0.25) is 0 Å². The summed E-state index contributed by atoms with van der Waals surface area (Å²) in [6.07, 6.45) is 8.77. The summed E-state index contributed by atoms with van der Waals surface area (Å²) < 4.78 is 5.76. The molecule has 0 aromatic rings. The van der Waals surface area contributed by atoms with Crippen molar-refractivity contribution in [3.63, 3.8) is 0 Å². The van der Waals surface area contributed by atoms with Gasteiger partial charge in [0.1, 0.15) is 0 Å². The van der Waals surface area contributed by atoms with Crippen LogP contribution in [0.4, 0.5) is 0 Å². The molecule has 1 saturated heterocycles. The molecule has 0 spiro atoms. The van der Waals surface area contributed by atoms with Gasteiger partial charge in [0.2, 0.25) is 0 Å². The zero-order valence-corrected chi connectivity index (χ0v) is 11.1. The van der Waals surface area contributed by atoms with Crippen molar-refractivity contribution in [3.8, 4) is 0 Å². The molecule has 1 saturated carbocycles. The molecule has 1 N–H and O–H groups in total. The maximum absolute atomic E-state index is 9.97. The van der Waals surface area contributed by atoms with Crippen molar-refractivity contribution in [3.05, 3.63) is 0 Å². The van der Waals surface area contributed by atoms with E-state index in [0.717, 1.165) is 26.1 Å². The number of ether oxygens (including phenoxy) is 1. The molecular weight excluding hydrogens is 214 g/mol. The highest BCUT2D eigenvalue weighted by atomic mass is 16.5. The molecule has 2 fully saturated rings. The lowest BCUT2D eigenvalue weighted by molar-refractivity contribution is -0.0118.